The summed E-state index contributed by atoms with van der Waals surface area (Å²) in [7, 11) is 0. The Morgan fingerprint density at radius 1 is 1.27 bits per heavy atom. The van der Waals surface area contributed by atoms with Gasteiger partial charge in [0.05, 0.1) is 0 Å². The van der Waals surface area contributed by atoms with Crippen LogP contribution in [0.5, 0.6) is 0 Å². The Kier molecular flexibility index (Phi) is 1.80. The third-order valence-electron chi connectivity index (χ3n) is 3.17. The van der Waals surface area contributed by atoms with Crippen LogP contribution >= 0.6 is 0 Å². The third-order valence-corrected chi connectivity index (χ3v) is 3.17. The maximum absolute atomic E-state index is 12.3. The van der Waals surface area contributed by atoms with E-state index >= 15 is 0 Å². The minimum absolute atomic E-state index is 0.123. The number of hydrogen-bond acceptors (Lipinski definition) is 2. The first kappa shape index (κ1) is 8.86. The second kappa shape index (κ2) is 3.04. The highest BCUT2D eigenvalue weighted by atomic mass is 16.5. The van der Waals surface area contributed by atoms with Crippen molar-refractivity contribution in [1.82, 2.24) is 0 Å². The maximum atomic E-state index is 12.3. The van der Waals surface area contributed by atoms with Gasteiger partial charge in [-0.05, 0) is 24.5 Å². The molecule has 1 aromatic carbocycles. The first-order chi connectivity index (χ1) is 7.32. The Hall–Kier alpha value is -1.41. The van der Waals surface area contributed by atoms with E-state index in [0.717, 1.165) is 24.0 Å². The third kappa shape index (κ3) is 1.18. The van der Waals surface area contributed by atoms with Crippen molar-refractivity contribution in [2.45, 2.75) is 18.4 Å². The average Bonchev–Trinajstić information content (AvgIpc) is 2.74. The molecule has 2 heteroatoms. The predicted molar refractivity (Wildman–Crippen MR) is 57.7 cm³/mol. The van der Waals surface area contributed by atoms with Gasteiger partial charge in [0.1, 0.15) is 5.60 Å². The zero-order valence-electron chi connectivity index (χ0n) is 8.40. The van der Waals surface area contributed by atoms with E-state index in [2.05, 4.69) is 0 Å². The Morgan fingerprint density at radius 3 is 2.93 bits per heavy atom. The van der Waals surface area contributed by atoms with Crippen molar-refractivity contribution < 1.29 is 9.53 Å². The topological polar surface area (TPSA) is 26.3 Å². The quantitative estimate of drug-likeness (QED) is 0.643. The molecule has 15 heavy (non-hydrogen) atoms. The molecule has 1 spiro atoms. The van der Waals surface area contributed by atoms with Crippen LogP contribution < -0.4 is 0 Å². The van der Waals surface area contributed by atoms with E-state index in [9.17, 15) is 4.79 Å². The van der Waals surface area contributed by atoms with Gasteiger partial charge in [0.2, 0.25) is 0 Å². The van der Waals surface area contributed by atoms with Gasteiger partial charge in [0.15, 0.2) is 5.78 Å². The van der Waals surface area contributed by atoms with Crippen LogP contribution in [-0.4, -0.2) is 18.0 Å². The fourth-order valence-corrected chi connectivity index (χ4v) is 2.35. The second-order valence-corrected chi connectivity index (χ2v) is 4.09. The van der Waals surface area contributed by atoms with Gasteiger partial charge in [-0.25, -0.2) is 0 Å². The monoisotopic (exact) mass is 200 g/mol. The van der Waals surface area contributed by atoms with Crippen molar-refractivity contribution in [3.8, 4) is 0 Å². The molecule has 0 radical (unpaired) electrons. The first-order valence-corrected chi connectivity index (χ1v) is 5.29. The molecule has 2 aliphatic rings. The van der Waals surface area contributed by atoms with Crippen molar-refractivity contribution in [3.63, 3.8) is 0 Å². The van der Waals surface area contributed by atoms with Gasteiger partial charge >= 0.3 is 0 Å². The van der Waals surface area contributed by atoms with Gasteiger partial charge in [-0.15, -0.1) is 0 Å². The van der Waals surface area contributed by atoms with E-state index in [1.807, 2.05) is 36.4 Å². The van der Waals surface area contributed by atoms with Gasteiger partial charge in [0, 0.05) is 12.2 Å². The molecular formula is C13H12O2. The molecular weight excluding hydrogens is 188 g/mol. The normalized spacial score (nSPS) is 28.4. The van der Waals surface area contributed by atoms with Gasteiger partial charge in [-0.2, -0.15) is 0 Å². The fourth-order valence-electron chi connectivity index (χ4n) is 2.35. The van der Waals surface area contributed by atoms with Crippen LogP contribution in [-0.2, 0) is 4.74 Å². The van der Waals surface area contributed by atoms with Gasteiger partial charge < -0.3 is 4.74 Å². The highest BCUT2D eigenvalue weighted by molar-refractivity contribution is 6.09. The average molecular weight is 200 g/mol. The van der Waals surface area contributed by atoms with Gasteiger partial charge in [-0.1, -0.05) is 30.3 Å². The molecule has 1 aliphatic heterocycles. The molecule has 0 unspecified atom stereocenters. The highest BCUT2D eigenvalue weighted by Gasteiger charge is 2.42. The lowest BCUT2D eigenvalue weighted by atomic mass is 9.83. The summed E-state index contributed by atoms with van der Waals surface area (Å²) in [6.45, 7) is 0.693. The van der Waals surface area contributed by atoms with E-state index in [1.54, 1.807) is 0 Å². The first-order valence-electron chi connectivity index (χ1n) is 5.29. The van der Waals surface area contributed by atoms with E-state index < -0.39 is 5.60 Å². The zero-order chi connectivity index (χ0) is 10.3. The number of carbonyl (C=O) groups excluding carboxylic acids is 1. The molecule has 0 aromatic heterocycles. The minimum Gasteiger partial charge on any atom is -0.363 e. The molecule has 1 aromatic rings. The lowest BCUT2D eigenvalue weighted by Crippen LogP contribution is -2.37. The molecule has 3 rings (SSSR count). The van der Waals surface area contributed by atoms with Crippen LogP contribution in [0.3, 0.4) is 0 Å². The zero-order valence-corrected chi connectivity index (χ0v) is 8.40. The summed E-state index contributed by atoms with van der Waals surface area (Å²) < 4.78 is 5.61. The van der Waals surface area contributed by atoms with E-state index in [4.69, 9.17) is 4.74 Å². The lowest BCUT2D eigenvalue weighted by molar-refractivity contribution is 0.0353. The largest absolute Gasteiger partial charge is 0.363 e. The van der Waals surface area contributed by atoms with Crippen LogP contribution in [0.25, 0.3) is 6.08 Å². The molecule has 0 saturated carbocycles. The van der Waals surface area contributed by atoms with Gasteiger partial charge in [-0.3, -0.25) is 4.79 Å². The highest BCUT2D eigenvalue weighted by Crippen LogP contribution is 2.35. The number of benzene rings is 1. The minimum atomic E-state index is -0.644. The van der Waals surface area contributed by atoms with Crippen LogP contribution in [0, 0.1) is 0 Å². The Morgan fingerprint density at radius 2 is 2.13 bits per heavy atom. The Bertz CT molecular complexity index is 440. The molecule has 0 N–H and O–H groups in total. The predicted octanol–water partition coefficient (Wildman–Crippen LogP) is 2.45. The van der Waals surface area contributed by atoms with Crippen molar-refractivity contribution in [2.24, 2.45) is 0 Å². The summed E-state index contributed by atoms with van der Waals surface area (Å²) in [5.74, 6) is 0.123. The van der Waals surface area contributed by atoms with Crippen LogP contribution in [0.2, 0.25) is 0 Å². The van der Waals surface area contributed by atoms with Crippen LogP contribution in [0.4, 0.5) is 0 Å². The number of Topliss-reactive ketones (excluding diaryl/α,β-unsaturated/α-hetero) is 1. The Labute approximate surface area is 88.6 Å². The molecule has 1 saturated heterocycles. The van der Waals surface area contributed by atoms with Crippen molar-refractivity contribution in [2.75, 3.05) is 6.61 Å². The standard InChI is InChI=1S/C13H12O2/c14-12-11-5-2-1-4-10(11)6-8-13(12)7-3-9-15-13/h1-2,4-6,8H,3,7,9H2/t13-/m1/s1. The van der Waals surface area contributed by atoms with Crippen molar-refractivity contribution in [1.29, 1.82) is 0 Å². The number of carbonyl (C=O) groups is 1. The van der Waals surface area contributed by atoms with E-state index in [1.165, 1.54) is 0 Å². The molecule has 1 fully saturated rings. The number of ketones is 1. The Balaban J connectivity index is 2.12. The number of hydrogen-bond donors (Lipinski definition) is 0. The molecule has 1 heterocycles. The summed E-state index contributed by atoms with van der Waals surface area (Å²) in [4.78, 5) is 12.3. The molecule has 1 atom stereocenters. The van der Waals surface area contributed by atoms with Crippen molar-refractivity contribution >= 4 is 11.9 Å². The summed E-state index contributed by atoms with van der Waals surface area (Å²) >= 11 is 0. The van der Waals surface area contributed by atoms with E-state index in [0.29, 0.717) is 6.61 Å². The summed E-state index contributed by atoms with van der Waals surface area (Å²) in [6.07, 6.45) is 5.71. The summed E-state index contributed by atoms with van der Waals surface area (Å²) in [5.41, 5.74) is 1.15. The van der Waals surface area contributed by atoms with Crippen LogP contribution in [0.15, 0.2) is 30.3 Å². The molecule has 1 aliphatic carbocycles. The fraction of sp³-hybridized carbons (Fsp3) is 0.308. The van der Waals surface area contributed by atoms with Gasteiger partial charge in [0.25, 0.3) is 0 Å². The summed E-state index contributed by atoms with van der Waals surface area (Å²) in [5, 5.41) is 0. The summed E-state index contributed by atoms with van der Waals surface area (Å²) in [6, 6.07) is 7.69. The second-order valence-electron chi connectivity index (χ2n) is 4.09. The smallest absolute Gasteiger partial charge is 0.199 e. The van der Waals surface area contributed by atoms with E-state index in [-0.39, 0.29) is 5.78 Å². The molecule has 0 amide bonds. The number of rotatable bonds is 0. The van der Waals surface area contributed by atoms with Crippen LogP contribution in [0.1, 0.15) is 28.8 Å². The molecule has 0 bridgehead atoms. The molecule has 2 nitrogen and oxygen atoms in total. The number of ether oxygens (including phenoxy) is 1. The maximum Gasteiger partial charge on any atom is 0.199 e. The molecule has 76 valence electrons. The van der Waals surface area contributed by atoms with Crippen molar-refractivity contribution in [3.05, 3.63) is 41.5 Å². The number of fused-ring (bicyclic) bond motifs is 1. The SMILES string of the molecule is O=C1c2ccccc2C=C[C@]12CCCO2. The lowest BCUT2D eigenvalue weighted by Gasteiger charge is -2.27.